The lowest BCUT2D eigenvalue weighted by atomic mass is 9.86. The molecular formula is C33H41N3O5. The summed E-state index contributed by atoms with van der Waals surface area (Å²) in [5, 5.41) is 8.10. The maximum absolute atomic E-state index is 13.1. The van der Waals surface area contributed by atoms with Gasteiger partial charge in [0.15, 0.2) is 6.29 Å². The number of hydrogen-bond acceptors (Lipinski definition) is 5. The summed E-state index contributed by atoms with van der Waals surface area (Å²) in [6, 6.07) is 25.3. The summed E-state index contributed by atoms with van der Waals surface area (Å²) in [7, 11) is 0. The van der Waals surface area contributed by atoms with Gasteiger partial charge >= 0.3 is 11.8 Å². The Labute approximate surface area is 242 Å². The molecule has 3 N–H and O–H groups in total. The predicted octanol–water partition coefficient (Wildman–Crippen LogP) is 5.08. The summed E-state index contributed by atoms with van der Waals surface area (Å²) in [6.45, 7) is 10.1. The molecule has 0 radical (unpaired) electrons. The van der Waals surface area contributed by atoms with Crippen LogP contribution in [0.4, 0.5) is 5.69 Å². The first-order valence-electron chi connectivity index (χ1n) is 13.9. The van der Waals surface area contributed by atoms with Crippen molar-refractivity contribution in [3.05, 3.63) is 102 Å². The Kier molecular flexibility index (Phi) is 11.6. The van der Waals surface area contributed by atoms with Gasteiger partial charge in [0.1, 0.15) is 6.04 Å². The van der Waals surface area contributed by atoms with Gasteiger partial charge in [0, 0.05) is 5.69 Å². The average Bonchev–Trinajstić information content (AvgIpc) is 2.96. The van der Waals surface area contributed by atoms with Crippen LogP contribution >= 0.6 is 0 Å². The number of rotatable bonds is 12. The molecule has 3 rings (SSSR count). The van der Waals surface area contributed by atoms with Gasteiger partial charge in [-0.1, -0.05) is 107 Å². The van der Waals surface area contributed by atoms with Crippen molar-refractivity contribution in [1.82, 2.24) is 10.6 Å². The molecule has 3 aromatic rings. The van der Waals surface area contributed by atoms with Crippen LogP contribution in [-0.2, 0) is 42.5 Å². The number of benzene rings is 3. The highest BCUT2D eigenvalue weighted by atomic mass is 16.7. The number of ether oxygens (including phenoxy) is 2. The highest BCUT2D eigenvalue weighted by molar-refractivity contribution is 6.40. The first kappa shape index (κ1) is 31.5. The van der Waals surface area contributed by atoms with E-state index in [1.165, 1.54) is 6.92 Å². The first-order chi connectivity index (χ1) is 19.6. The van der Waals surface area contributed by atoms with Crippen molar-refractivity contribution in [3.8, 4) is 0 Å². The second-order valence-electron chi connectivity index (χ2n) is 10.9. The zero-order chi connectivity index (χ0) is 29.8. The Balaban J connectivity index is 1.62. The van der Waals surface area contributed by atoms with Gasteiger partial charge in [-0.3, -0.25) is 14.4 Å². The third kappa shape index (κ3) is 9.84. The SMILES string of the molecule is CC[C@H](NC(=O)[C@H](C)NC(=O)C(=O)Nc1ccccc1C(C)(C)C)C(OCc1ccccc1)OCc1ccccc1. The molecule has 0 saturated heterocycles. The van der Waals surface area contributed by atoms with E-state index in [0.717, 1.165) is 16.7 Å². The van der Waals surface area contributed by atoms with Crippen LogP contribution in [0.5, 0.6) is 0 Å². The van der Waals surface area contributed by atoms with Crippen LogP contribution in [0, 0.1) is 0 Å². The van der Waals surface area contributed by atoms with Gasteiger partial charge in [0.2, 0.25) is 5.91 Å². The minimum Gasteiger partial charge on any atom is -0.346 e. The molecule has 3 aromatic carbocycles. The van der Waals surface area contributed by atoms with Gasteiger partial charge in [-0.2, -0.15) is 0 Å². The Bertz CT molecular complexity index is 1230. The van der Waals surface area contributed by atoms with Crippen LogP contribution in [0.1, 0.15) is 57.7 Å². The van der Waals surface area contributed by atoms with Crippen LogP contribution in [0.2, 0.25) is 0 Å². The first-order valence-corrected chi connectivity index (χ1v) is 13.9. The smallest absolute Gasteiger partial charge is 0.313 e. The number of amides is 3. The molecule has 0 saturated carbocycles. The lowest BCUT2D eigenvalue weighted by Gasteiger charge is -2.29. The maximum atomic E-state index is 13.1. The van der Waals surface area contributed by atoms with Crippen LogP contribution in [0.3, 0.4) is 0 Å². The molecule has 0 bridgehead atoms. The molecule has 218 valence electrons. The summed E-state index contributed by atoms with van der Waals surface area (Å²) in [6.07, 6.45) is -0.227. The number of carbonyl (C=O) groups is 3. The van der Waals surface area contributed by atoms with E-state index in [0.29, 0.717) is 25.3 Å². The van der Waals surface area contributed by atoms with E-state index >= 15 is 0 Å². The molecule has 8 nitrogen and oxygen atoms in total. The molecule has 0 aliphatic heterocycles. The lowest BCUT2D eigenvalue weighted by Crippen LogP contribution is -2.53. The number of nitrogens with one attached hydrogen (secondary N) is 3. The second kappa shape index (κ2) is 15.1. The number of anilines is 1. The summed E-state index contributed by atoms with van der Waals surface area (Å²) in [5.74, 6) is -2.20. The summed E-state index contributed by atoms with van der Waals surface area (Å²) in [5.41, 5.74) is 3.17. The van der Waals surface area contributed by atoms with Crippen LogP contribution in [0.25, 0.3) is 0 Å². The summed E-state index contributed by atoms with van der Waals surface area (Å²) in [4.78, 5) is 38.5. The maximum Gasteiger partial charge on any atom is 0.313 e. The van der Waals surface area contributed by atoms with Crippen molar-refractivity contribution in [2.24, 2.45) is 0 Å². The van der Waals surface area contributed by atoms with Crippen molar-refractivity contribution in [1.29, 1.82) is 0 Å². The summed E-state index contributed by atoms with van der Waals surface area (Å²) < 4.78 is 12.2. The van der Waals surface area contributed by atoms with Gasteiger partial charge in [0.05, 0.1) is 19.3 Å². The molecular weight excluding hydrogens is 518 g/mol. The molecule has 41 heavy (non-hydrogen) atoms. The third-order valence-electron chi connectivity index (χ3n) is 6.54. The minimum absolute atomic E-state index is 0.232. The van der Waals surface area contributed by atoms with Gasteiger partial charge in [0.25, 0.3) is 0 Å². The second-order valence-corrected chi connectivity index (χ2v) is 10.9. The van der Waals surface area contributed by atoms with E-state index in [1.54, 1.807) is 12.1 Å². The van der Waals surface area contributed by atoms with Crippen LogP contribution in [-0.4, -0.2) is 36.1 Å². The van der Waals surface area contributed by atoms with E-state index in [9.17, 15) is 14.4 Å². The van der Waals surface area contributed by atoms with Crippen molar-refractivity contribution in [3.63, 3.8) is 0 Å². The Morgan fingerprint density at radius 3 is 1.76 bits per heavy atom. The Morgan fingerprint density at radius 1 is 0.732 bits per heavy atom. The predicted molar refractivity (Wildman–Crippen MR) is 160 cm³/mol. The quantitative estimate of drug-likeness (QED) is 0.212. The van der Waals surface area contributed by atoms with E-state index in [-0.39, 0.29) is 5.41 Å². The van der Waals surface area contributed by atoms with Gasteiger partial charge < -0.3 is 25.4 Å². The highest BCUT2D eigenvalue weighted by Crippen LogP contribution is 2.29. The minimum atomic E-state index is -0.968. The topological polar surface area (TPSA) is 106 Å². The lowest BCUT2D eigenvalue weighted by molar-refractivity contribution is -0.176. The van der Waals surface area contributed by atoms with Crippen molar-refractivity contribution < 1.29 is 23.9 Å². The molecule has 2 atom stereocenters. The van der Waals surface area contributed by atoms with E-state index in [1.807, 2.05) is 100 Å². The molecule has 0 unspecified atom stereocenters. The van der Waals surface area contributed by atoms with E-state index in [4.69, 9.17) is 9.47 Å². The normalized spacial score (nSPS) is 12.8. The fourth-order valence-electron chi connectivity index (χ4n) is 4.21. The van der Waals surface area contributed by atoms with Crippen molar-refractivity contribution >= 4 is 23.4 Å². The van der Waals surface area contributed by atoms with E-state index < -0.39 is 36.1 Å². The molecule has 0 heterocycles. The average molecular weight is 560 g/mol. The molecule has 0 fully saturated rings. The van der Waals surface area contributed by atoms with Crippen molar-refractivity contribution in [2.45, 2.75) is 78.0 Å². The van der Waals surface area contributed by atoms with Crippen LogP contribution < -0.4 is 16.0 Å². The molecule has 8 heteroatoms. The molecule has 0 aromatic heterocycles. The zero-order valence-corrected chi connectivity index (χ0v) is 24.5. The Morgan fingerprint density at radius 2 is 1.24 bits per heavy atom. The van der Waals surface area contributed by atoms with Gasteiger partial charge in [-0.15, -0.1) is 0 Å². The molecule has 0 spiro atoms. The molecule has 0 aliphatic carbocycles. The van der Waals surface area contributed by atoms with Gasteiger partial charge in [-0.25, -0.2) is 0 Å². The largest absolute Gasteiger partial charge is 0.346 e. The molecule has 3 amide bonds. The molecule has 0 aliphatic rings. The van der Waals surface area contributed by atoms with Crippen LogP contribution in [0.15, 0.2) is 84.9 Å². The Hall–Kier alpha value is -4.01. The number of para-hydroxylation sites is 1. The number of hydrogen-bond donors (Lipinski definition) is 3. The fraction of sp³-hybridized carbons (Fsp3) is 0.364. The van der Waals surface area contributed by atoms with E-state index in [2.05, 4.69) is 16.0 Å². The fourth-order valence-corrected chi connectivity index (χ4v) is 4.21. The van der Waals surface area contributed by atoms with Crippen molar-refractivity contribution in [2.75, 3.05) is 5.32 Å². The monoisotopic (exact) mass is 559 g/mol. The third-order valence-corrected chi connectivity index (χ3v) is 6.54. The number of carbonyl (C=O) groups excluding carboxylic acids is 3. The standard InChI is InChI=1S/C33H41N3O5/c1-6-27(32(40-21-24-15-9-7-10-16-24)41-22-25-17-11-8-12-18-25)35-29(37)23(2)34-30(38)31(39)36-28-20-14-13-19-26(28)33(3,4)5/h7-20,23,27,32H,6,21-22H2,1-5H3,(H,34,38)(H,35,37)(H,36,39)/t23-,27-/m0/s1. The summed E-state index contributed by atoms with van der Waals surface area (Å²) >= 11 is 0. The zero-order valence-electron chi connectivity index (χ0n) is 24.5. The van der Waals surface area contributed by atoms with Gasteiger partial charge in [-0.05, 0) is 41.5 Å². The highest BCUT2D eigenvalue weighted by Gasteiger charge is 2.28.